The quantitative estimate of drug-likeness (QED) is 0.870. The van der Waals surface area contributed by atoms with E-state index >= 15 is 0 Å². The van der Waals surface area contributed by atoms with E-state index < -0.39 is 0 Å². The van der Waals surface area contributed by atoms with Gasteiger partial charge in [0.25, 0.3) is 0 Å². The molecular formula is C14H23N3. The largest absolute Gasteiger partial charge is 0.371 e. The molecule has 0 saturated heterocycles. The van der Waals surface area contributed by atoms with E-state index in [1.54, 1.807) is 0 Å². The van der Waals surface area contributed by atoms with Gasteiger partial charge in [-0.25, -0.2) is 4.98 Å². The Morgan fingerprint density at radius 1 is 1.29 bits per heavy atom. The van der Waals surface area contributed by atoms with Gasteiger partial charge in [0, 0.05) is 24.7 Å². The van der Waals surface area contributed by atoms with Gasteiger partial charge in [0.15, 0.2) is 0 Å². The van der Waals surface area contributed by atoms with Gasteiger partial charge in [0.1, 0.15) is 5.65 Å². The minimum atomic E-state index is 0.964. The monoisotopic (exact) mass is 233 g/mol. The van der Waals surface area contributed by atoms with E-state index in [1.807, 2.05) is 26.2 Å². The zero-order valence-electron chi connectivity index (χ0n) is 11.3. The van der Waals surface area contributed by atoms with Crippen LogP contribution in [0.15, 0.2) is 24.5 Å². The van der Waals surface area contributed by atoms with Crippen LogP contribution >= 0.6 is 0 Å². The molecular weight excluding hydrogens is 210 g/mol. The molecule has 0 unspecified atom stereocenters. The molecule has 0 aromatic carbocycles. The molecule has 3 nitrogen and oxygen atoms in total. The van der Waals surface area contributed by atoms with Gasteiger partial charge in [-0.15, -0.1) is 0 Å². The molecule has 0 spiro atoms. The van der Waals surface area contributed by atoms with Crippen molar-refractivity contribution in [1.29, 1.82) is 0 Å². The summed E-state index contributed by atoms with van der Waals surface area (Å²) in [5, 5.41) is 1.18. The van der Waals surface area contributed by atoms with Crippen LogP contribution in [0.4, 0.5) is 5.69 Å². The average Bonchev–Trinajstić information content (AvgIpc) is 2.85. The molecule has 0 amide bonds. The normalized spacial score (nSPS) is 9.88. The van der Waals surface area contributed by atoms with Crippen LogP contribution in [0, 0.1) is 0 Å². The van der Waals surface area contributed by atoms with E-state index in [2.05, 4.69) is 40.8 Å². The van der Waals surface area contributed by atoms with Gasteiger partial charge in [-0.2, -0.15) is 0 Å². The topological polar surface area (TPSA) is 31.9 Å². The zero-order chi connectivity index (χ0) is 12.7. The Hall–Kier alpha value is -1.51. The predicted octanol–water partition coefficient (Wildman–Crippen LogP) is 3.83. The van der Waals surface area contributed by atoms with Crippen LogP contribution in [0.5, 0.6) is 0 Å². The van der Waals surface area contributed by atoms with Crippen molar-refractivity contribution in [3.8, 4) is 0 Å². The minimum Gasteiger partial charge on any atom is -0.371 e. The van der Waals surface area contributed by atoms with Gasteiger partial charge in [-0.3, -0.25) is 0 Å². The fourth-order valence-electron chi connectivity index (χ4n) is 1.84. The number of nitrogens with one attached hydrogen (secondary N) is 1. The van der Waals surface area contributed by atoms with Crippen LogP contribution in [0.25, 0.3) is 11.0 Å². The number of aromatic amines is 1. The smallest absolute Gasteiger partial charge is 0.137 e. The van der Waals surface area contributed by atoms with Crippen LogP contribution in [0.2, 0.25) is 0 Å². The number of rotatable bonds is 4. The molecule has 17 heavy (non-hydrogen) atoms. The highest BCUT2D eigenvalue weighted by molar-refractivity contribution is 5.79. The van der Waals surface area contributed by atoms with Gasteiger partial charge < -0.3 is 9.88 Å². The summed E-state index contributed by atoms with van der Waals surface area (Å²) in [6.45, 7) is 10.5. The molecule has 2 rings (SSSR count). The molecule has 0 bridgehead atoms. The second-order valence-electron chi connectivity index (χ2n) is 3.69. The lowest BCUT2D eigenvalue weighted by Crippen LogP contribution is -2.23. The lowest BCUT2D eigenvalue weighted by atomic mass is 10.3. The Labute approximate surface area is 104 Å². The Morgan fingerprint density at radius 2 is 2.06 bits per heavy atom. The first kappa shape index (κ1) is 13.6. The first-order chi connectivity index (χ1) is 8.35. The lowest BCUT2D eigenvalue weighted by Gasteiger charge is -2.21. The van der Waals surface area contributed by atoms with E-state index in [9.17, 15) is 0 Å². The summed E-state index contributed by atoms with van der Waals surface area (Å²) < 4.78 is 0. The Balaban J connectivity index is 0.000000686. The van der Waals surface area contributed by atoms with Gasteiger partial charge in [-0.1, -0.05) is 20.8 Å². The molecule has 2 aromatic heterocycles. The number of fused-ring (bicyclic) bond motifs is 1. The van der Waals surface area contributed by atoms with E-state index in [4.69, 9.17) is 0 Å². The van der Waals surface area contributed by atoms with Crippen LogP contribution < -0.4 is 4.90 Å². The summed E-state index contributed by atoms with van der Waals surface area (Å²) in [6, 6.07) is 4.25. The van der Waals surface area contributed by atoms with Gasteiger partial charge in [0.2, 0.25) is 0 Å². The first-order valence-electron chi connectivity index (χ1n) is 6.53. The summed E-state index contributed by atoms with van der Waals surface area (Å²) in [6.07, 6.45) is 5.04. The third-order valence-electron chi connectivity index (χ3n) is 2.63. The Morgan fingerprint density at radius 3 is 2.71 bits per heavy atom. The summed E-state index contributed by atoms with van der Waals surface area (Å²) >= 11 is 0. The first-order valence-corrected chi connectivity index (χ1v) is 6.53. The fraction of sp³-hybridized carbons (Fsp3) is 0.500. The van der Waals surface area contributed by atoms with Crippen LogP contribution in [-0.4, -0.2) is 23.1 Å². The summed E-state index contributed by atoms with van der Waals surface area (Å²) in [5.41, 5.74) is 2.18. The Bertz CT molecular complexity index is 434. The molecule has 0 atom stereocenters. The number of H-pyrrole nitrogens is 1. The van der Waals surface area contributed by atoms with Gasteiger partial charge in [-0.05, 0) is 25.5 Å². The number of pyridine rings is 1. The molecule has 1 N–H and O–H groups in total. The molecule has 0 aliphatic heterocycles. The van der Waals surface area contributed by atoms with Crippen molar-refractivity contribution < 1.29 is 0 Å². The molecule has 0 radical (unpaired) electrons. The van der Waals surface area contributed by atoms with Crippen molar-refractivity contribution in [2.24, 2.45) is 0 Å². The molecule has 0 aliphatic carbocycles. The highest BCUT2D eigenvalue weighted by Crippen LogP contribution is 2.18. The zero-order valence-corrected chi connectivity index (χ0v) is 11.3. The van der Waals surface area contributed by atoms with Crippen molar-refractivity contribution in [2.45, 2.75) is 34.1 Å². The summed E-state index contributed by atoms with van der Waals surface area (Å²) in [4.78, 5) is 9.85. The van der Waals surface area contributed by atoms with E-state index in [0.29, 0.717) is 0 Å². The maximum Gasteiger partial charge on any atom is 0.137 e. The maximum atomic E-state index is 4.40. The predicted molar refractivity (Wildman–Crippen MR) is 75.6 cm³/mol. The fourth-order valence-corrected chi connectivity index (χ4v) is 1.84. The molecule has 94 valence electrons. The summed E-state index contributed by atoms with van der Waals surface area (Å²) in [7, 11) is 0. The molecule has 0 saturated carbocycles. The number of hydrogen-bond acceptors (Lipinski definition) is 2. The van der Waals surface area contributed by atoms with E-state index in [-0.39, 0.29) is 0 Å². The molecule has 2 aromatic rings. The molecule has 3 heteroatoms. The average molecular weight is 233 g/mol. The highest BCUT2D eigenvalue weighted by atomic mass is 15.1. The van der Waals surface area contributed by atoms with Crippen molar-refractivity contribution in [1.82, 2.24) is 9.97 Å². The highest BCUT2D eigenvalue weighted by Gasteiger charge is 2.04. The third-order valence-corrected chi connectivity index (χ3v) is 2.63. The second-order valence-corrected chi connectivity index (χ2v) is 3.69. The van der Waals surface area contributed by atoms with Crippen LogP contribution in [-0.2, 0) is 0 Å². The number of aromatic nitrogens is 2. The van der Waals surface area contributed by atoms with Crippen molar-refractivity contribution in [3.05, 3.63) is 24.5 Å². The standard InChI is InChI=1S/C12H17N3.C2H6/c1-3-7-15(4-2)11-8-10-5-6-13-12(10)14-9-11;1-2/h5-6,8-9H,3-4,7H2,1-2H3,(H,13,14);1-2H3. The number of hydrogen-bond donors (Lipinski definition) is 1. The third kappa shape index (κ3) is 3.22. The van der Waals surface area contributed by atoms with Crippen molar-refractivity contribution in [3.63, 3.8) is 0 Å². The van der Waals surface area contributed by atoms with E-state index in [1.165, 1.54) is 17.5 Å². The molecule has 0 fully saturated rings. The number of anilines is 1. The maximum absolute atomic E-state index is 4.40. The van der Waals surface area contributed by atoms with E-state index in [0.717, 1.165) is 18.7 Å². The van der Waals surface area contributed by atoms with Crippen LogP contribution in [0.3, 0.4) is 0 Å². The molecule has 0 aliphatic rings. The van der Waals surface area contributed by atoms with Crippen molar-refractivity contribution >= 4 is 16.7 Å². The second kappa shape index (κ2) is 6.94. The lowest BCUT2D eigenvalue weighted by molar-refractivity contribution is 0.790. The Kier molecular flexibility index (Phi) is 5.53. The van der Waals surface area contributed by atoms with Crippen LogP contribution in [0.1, 0.15) is 34.1 Å². The van der Waals surface area contributed by atoms with Gasteiger partial charge in [0.05, 0.1) is 11.9 Å². The molecule has 2 heterocycles. The van der Waals surface area contributed by atoms with Gasteiger partial charge >= 0.3 is 0 Å². The van der Waals surface area contributed by atoms with Crippen molar-refractivity contribution in [2.75, 3.05) is 18.0 Å². The number of nitrogens with zero attached hydrogens (tertiary/aromatic N) is 2. The SMILES string of the molecule is CC.CCCN(CC)c1cnc2[nH]ccc2c1. The minimum absolute atomic E-state index is 0.964. The summed E-state index contributed by atoms with van der Waals surface area (Å²) in [5.74, 6) is 0.